The molecule has 5 heteroatoms. The molecule has 74 valence electrons. The van der Waals surface area contributed by atoms with Crippen LogP contribution >= 0.6 is 15.9 Å². The minimum Gasteiger partial charge on any atom is -0.453 e. The topological polar surface area (TPSA) is 35.5 Å². The molecule has 0 aromatic heterocycles. The summed E-state index contributed by atoms with van der Waals surface area (Å²) in [4.78, 5) is 11.1. The standard InChI is InChI=1S/C9H6BrFO3/c1-4(12)7-5(10)2-6-9(8(7)11)14-3-13-6/h2H,3H2,1H3. The first-order chi connectivity index (χ1) is 6.61. The lowest BCUT2D eigenvalue weighted by Crippen LogP contribution is -2.00. The van der Waals surface area contributed by atoms with Crippen LogP contribution in [0.5, 0.6) is 11.5 Å². The molecular formula is C9H6BrFO3. The molecule has 2 rings (SSSR count). The zero-order valence-corrected chi connectivity index (χ0v) is 8.85. The summed E-state index contributed by atoms with van der Waals surface area (Å²) in [7, 11) is 0. The van der Waals surface area contributed by atoms with Gasteiger partial charge in [-0.2, -0.15) is 0 Å². The molecule has 0 atom stereocenters. The molecular weight excluding hydrogens is 255 g/mol. The number of benzene rings is 1. The number of fused-ring (bicyclic) bond motifs is 1. The highest BCUT2D eigenvalue weighted by molar-refractivity contribution is 9.10. The summed E-state index contributed by atoms with van der Waals surface area (Å²) in [5.74, 6) is -0.690. The molecule has 0 N–H and O–H groups in total. The molecule has 1 aromatic rings. The number of halogens is 2. The van der Waals surface area contributed by atoms with Gasteiger partial charge in [0.15, 0.2) is 17.3 Å². The Kier molecular flexibility index (Phi) is 2.19. The monoisotopic (exact) mass is 260 g/mol. The van der Waals surface area contributed by atoms with Gasteiger partial charge in [-0.15, -0.1) is 0 Å². The smallest absolute Gasteiger partial charge is 0.231 e. The van der Waals surface area contributed by atoms with E-state index in [1.807, 2.05) is 0 Å². The van der Waals surface area contributed by atoms with Crippen LogP contribution in [0.3, 0.4) is 0 Å². The van der Waals surface area contributed by atoms with Crippen LogP contribution in [-0.4, -0.2) is 12.6 Å². The first kappa shape index (κ1) is 9.45. The van der Waals surface area contributed by atoms with Gasteiger partial charge < -0.3 is 9.47 Å². The van der Waals surface area contributed by atoms with Crippen molar-refractivity contribution in [2.75, 3.05) is 6.79 Å². The van der Waals surface area contributed by atoms with Crippen LogP contribution in [-0.2, 0) is 0 Å². The second-order valence-corrected chi connectivity index (χ2v) is 3.69. The Morgan fingerprint density at radius 2 is 2.29 bits per heavy atom. The van der Waals surface area contributed by atoms with Crippen molar-refractivity contribution >= 4 is 21.7 Å². The Labute approximate surface area is 87.9 Å². The van der Waals surface area contributed by atoms with Gasteiger partial charge in [0, 0.05) is 4.47 Å². The lowest BCUT2D eigenvalue weighted by molar-refractivity contribution is 0.101. The minimum absolute atomic E-state index is 0.00532. The molecule has 0 saturated heterocycles. The van der Waals surface area contributed by atoms with E-state index in [0.717, 1.165) is 0 Å². The predicted octanol–water partition coefficient (Wildman–Crippen LogP) is 2.52. The maximum Gasteiger partial charge on any atom is 0.231 e. The summed E-state index contributed by atoms with van der Waals surface area (Å²) in [5.41, 5.74) is -0.00532. The number of ether oxygens (including phenoxy) is 2. The van der Waals surface area contributed by atoms with Crippen molar-refractivity contribution in [2.24, 2.45) is 0 Å². The first-order valence-corrected chi connectivity index (χ1v) is 4.69. The van der Waals surface area contributed by atoms with Crippen LogP contribution in [0.15, 0.2) is 10.5 Å². The molecule has 14 heavy (non-hydrogen) atoms. The van der Waals surface area contributed by atoms with E-state index in [2.05, 4.69) is 15.9 Å². The Hall–Kier alpha value is -1.10. The van der Waals surface area contributed by atoms with Crippen molar-refractivity contribution in [3.05, 3.63) is 21.9 Å². The normalized spacial score (nSPS) is 13.1. The molecule has 1 heterocycles. The van der Waals surface area contributed by atoms with E-state index in [-0.39, 0.29) is 23.9 Å². The maximum absolute atomic E-state index is 13.6. The molecule has 1 aliphatic rings. The van der Waals surface area contributed by atoms with Crippen LogP contribution in [0.1, 0.15) is 17.3 Å². The van der Waals surface area contributed by atoms with Gasteiger partial charge in [-0.1, -0.05) is 0 Å². The van der Waals surface area contributed by atoms with Gasteiger partial charge in [0.25, 0.3) is 0 Å². The van der Waals surface area contributed by atoms with E-state index in [1.165, 1.54) is 13.0 Å². The summed E-state index contributed by atoms with van der Waals surface area (Å²) in [6, 6.07) is 1.53. The number of hydrogen-bond acceptors (Lipinski definition) is 3. The minimum atomic E-state index is -0.667. The fourth-order valence-corrected chi connectivity index (χ4v) is 1.96. The van der Waals surface area contributed by atoms with E-state index in [0.29, 0.717) is 10.2 Å². The fraction of sp³-hybridized carbons (Fsp3) is 0.222. The highest BCUT2D eigenvalue weighted by Gasteiger charge is 2.25. The number of hydrogen-bond donors (Lipinski definition) is 0. The zero-order valence-electron chi connectivity index (χ0n) is 7.27. The lowest BCUT2D eigenvalue weighted by atomic mass is 10.1. The Bertz CT molecular complexity index is 417. The predicted molar refractivity (Wildman–Crippen MR) is 50.2 cm³/mol. The van der Waals surface area contributed by atoms with Crippen molar-refractivity contribution in [2.45, 2.75) is 6.92 Å². The second kappa shape index (κ2) is 3.24. The first-order valence-electron chi connectivity index (χ1n) is 3.90. The highest BCUT2D eigenvalue weighted by atomic mass is 79.9. The summed E-state index contributed by atoms with van der Waals surface area (Å²) in [6.45, 7) is 1.28. The largest absolute Gasteiger partial charge is 0.453 e. The number of carbonyl (C=O) groups is 1. The molecule has 1 aliphatic heterocycles. The van der Waals surface area contributed by atoms with Crippen LogP contribution in [0.2, 0.25) is 0 Å². The van der Waals surface area contributed by atoms with Crippen LogP contribution in [0, 0.1) is 5.82 Å². The molecule has 0 aliphatic carbocycles. The van der Waals surface area contributed by atoms with Crippen LogP contribution in [0.25, 0.3) is 0 Å². The quantitative estimate of drug-likeness (QED) is 0.728. The molecule has 0 spiro atoms. The summed E-state index contributed by atoms with van der Waals surface area (Å²) < 4.78 is 23.9. The van der Waals surface area contributed by atoms with E-state index < -0.39 is 5.82 Å². The average Bonchev–Trinajstić information content (AvgIpc) is 2.50. The number of ketones is 1. The Balaban J connectivity index is 2.68. The third-order valence-electron chi connectivity index (χ3n) is 1.91. The van der Waals surface area contributed by atoms with Gasteiger partial charge >= 0.3 is 0 Å². The summed E-state index contributed by atoms with van der Waals surface area (Å²) >= 11 is 3.10. The molecule has 0 bridgehead atoms. The molecule has 0 unspecified atom stereocenters. The third-order valence-corrected chi connectivity index (χ3v) is 2.53. The number of rotatable bonds is 1. The van der Waals surface area contributed by atoms with Gasteiger partial charge in [0.05, 0.1) is 5.56 Å². The SMILES string of the molecule is CC(=O)c1c(Br)cc2c(c1F)OCO2. The Morgan fingerprint density at radius 1 is 1.57 bits per heavy atom. The van der Waals surface area contributed by atoms with Crippen LogP contribution < -0.4 is 9.47 Å². The fourth-order valence-electron chi connectivity index (χ4n) is 1.30. The van der Waals surface area contributed by atoms with Gasteiger partial charge in [-0.3, -0.25) is 4.79 Å². The number of carbonyl (C=O) groups excluding carboxylic acids is 1. The van der Waals surface area contributed by atoms with E-state index in [4.69, 9.17) is 9.47 Å². The molecule has 1 aromatic carbocycles. The van der Waals surface area contributed by atoms with E-state index >= 15 is 0 Å². The second-order valence-electron chi connectivity index (χ2n) is 2.84. The maximum atomic E-state index is 13.6. The highest BCUT2D eigenvalue weighted by Crippen LogP contribution is 2.40. The third kappa shape index (κ3) is 1.28. The Morgan fingerprint density at radius 3 is 2.93 bits per heavy atom. The van der Waals surface area contributed by atoms with Gasteiger partial charge in [-0.05, 0) is 28.9 Å². The molecule has 0 saturated carbocycles. The van der Waals surface area contributed by atoms with E-state index in [1.54, 1.807) is 0 Å². The zero-order chi connectivity index (χ0) is 10.3. The number of Topliss-reactive ketones (excluding diaryl/α,β-unsaturated/α-hetero) is 1. The molecule has 3 nitrogen and oxygen atoms in total. The van der Waals surface area contributed by atoms with Crippen molar-refractivity contribution in [3.8, 4) is 11.5 Å². The van der Waals surface area contributed by atoms with Gasteiger partial charge in [0.2, 0.25) is 12.5 Å². The summed E-state index contributed by atoms with van der Waals surface area (Å²) in [6.07, 6.45) is 0. The van der Waals surface area contributed by atoms with Gasteiger partial charge in [0.1, 0.15) is 0 Å². The summed E-state index contributed by atoms with van der Waals surface area (Å²) in [5, 5.41) is 0. The van der Waals surface area contributed by atoms with Crippen molar-refractivity contribution in [1.82, 2.24) is 0 Å². The lowest BCUT2D eigenvalue weighted by Gasteiger charge is -2.04. The molecule has 0 radical (unpaired) electrons. The van der Waals surface area contributed by atoms with Crippen molar-refractivity contribution in [3.63, 3.8) is 0 Å². The molecule has 0 amide bonds. The molecule has 0 fully saturated rings. The average molecular weight is 261 g/mol. The van der Waals surface area contributed by atoms with E-state index in [9.17, 15) is 9.18 Å². The van der Waals surface area contributed by atoms with Crippen LogP contribution in [0.4, 0.5) is 4.39 Å². The van der Waals surface area contributed by atoms with Gasteiger partial charge in [-0.25, -0.2) is 4.39 Å². The van der Waals surface area contributed by atoms with Crippen molar-refractivity contribution < 1.29 is 18.7 Å². The van der Waals surface area contributed by atoms with Crippen molar-refractivity contribution in [1.29, 1.82) is 0 Å².